The van der Waals surface area contributed by atoms with Crippen LogP contribution in [0.3, 0.4) is 0 Å². The van der Waals surface area contributed by atoms with Crippen molar-refractivity contribution in [3.63, 3.8) is 0 Å². The Balaban J connectivity index is 1.62. The lowest BCUT2D eigenvalue weighted by atomic mass is 10.2. The van der Waals surface area contributed by atoms with Gasteiger partial charge >= 0.3 is 0 Å². The Hall–Kier alpha value is -2.85. The fraction of sp³-hybridized carbons (Fsp3) is 0.438. The number of aryl methyl sites for hydroxylation is 2. The lowest BCUT2D eigenvalue weighted by Gasteiger charge is -2.18. The molecule has 4 rings (SSSR count). The van der Waals surface area contributed by atoms with Crippen LogP contribution in [0.1, 0.15) is 40.2 Å². The van der Waals surface area contributed by atoms with Gasteiger partial charge in [0.25, 0.3) is 11.7 Å². The monoisotopic (exact) mass is 357 g/mol. The summed E-state index contributed by atoms with van der Waals surface area (Å²) in [5.41, 5.74) is 2.02. The van der Waals surface area contributed by atoms with Crippen molar-refractivity contribution in [2.24, 2.45) is 0 Å². The van der Waals surface area contributed by atoms with Crippen molar-refractivity contribution in [3.8, 4) is 0 Å². The molecular weight excluding hydrogens is 338 g/mol. The number of nitrogens with zero attached hydrogens (tertiary/aromatic N) is 7. The van der Waals surface area contributed by atoms with Gasteiger partial charge in [-0.05, 0) is 25.5 Å². The first-order chi connectivity index (χ1) is 12.6. The molecule has 3 aromatic rings. The van der Waals surface area contributed by atoms with Gasteiger partial charge in [0.2, 0.25) is 5.82 Å². The van der Waals surface area contributed by atoms with Gasteiger partial charge < -0.3 is 15.1 Å². The van der Waals surface area contributed by atoms with Crippen molar-refractivity contribution in [2.75, 3.05) is 13.2 Å². The Labute approximate surface area is 148 Å². The summed E-state index contributed by atoms with van der Waals surface area (Å²) < 4.78 is 3.35. The summed E-state index contributed by atoms with van der Waals surface area (Å²) in [5.74, 6) is 0.375. The van der Waals surface area contributed by atoms with Crippen LogP contribution in [0.4, 0.5) is 0 Å². The average molecular weight is 357 g/mol. The third-order valence-electron chi connectivity index (χ3n) is 4.44. The summed E-state index contributed by atoms with van der Waals surface area (Å²) in [6.45, 7) is 3.01. The standard InChI is InChI=1S/C16H19N7O3/c1-10-3-6-22-14(18-19-16(22)17-10)15(26)21-4-2-5-23-11(8-21)7-12(20-23)13(25)9-24/h3,6-7,13,24-25H,2,4-5,8-9H2,1H3/t13-/m1/s1. The van der Waals surface area contributed by atoms with E-state index in [1.165, 1.54) is 0 Å². The minimum atomic E-state index is -1.02. The van der Waals surface area contributed by atoms with Gasteiger partial charge in [0, 0.05) is 25.0 Å². The summed E-state index contributed by atoms with van der Waals surface area (Å²) >= 11 is 0. The zero-order valence-corrected chi connectivity index (χ0v) is 14.3. The highest BCUT2D eigenvalue weighted by molar-refractivity contribution is 5.91. The number of rotatable bonds is 3. The van der Waals surface area contributed by atoms with Crippen LogP contribution < -0.4 is 0 Å². The van der Waals surface area contributed by atoms with Crippen molar-refractivity contribution in [1.29, 1.82) is 0 Å². The zero-order valence-electron chi connectivity index (χ0n) is 14.3. The van der Waals surface area contributed by atoms with Crippen LogP contribution in [0.15, 0.2) is 18.3 Å². The maximum atomic E-state index is 13.0. The first-order valence-electron chi connectivity index (χ1n) is 8.40. The smallest absolute Gasteiger partial charge is 0.292 e. The second-order valence-electron chi connectivity index (χ2n) is 6.32. The number of aliphatic hydroxyl groups is 2. The molecule has 0 unspecified atom stereocenters. The van der Waals surface area contributed by atoms with E-state index in [0.717, 1.165) is 17.8 Å². The molecule has 0 fully saturated rings. The Bertz CT molecular complexity index is 964. The van der Waals surface area contributed by atoms with Gasteiger partial charge in [0.15, 0.2) is 0 Å². The highest BCUT2D eigenvalue weighted by Gasteiger charge is 2.26. The number of amides is 1. The Morgan fingerprint density at radius 1 is 1.35 bits per heavy atom. The van der Waals surface area contributed by atoms with E-state index in [1.54, 1.807) is 32.3 Å². The van der Waals surface area contributed by atoms with E-state index in [4.69, 9.17) is 5.11 Å². The third kappa shape index (κ3) is 2.82. The number of aliphatic hydroxyl groups excluding tert-OH is 2. The molecule has 2 N–H and O–H groups in total. The SMILES string of the molecule is Cc1ccn2c(C(=O)N3CCCn4nc([C@H](O)CO)cc4C3)nnc2n1. The van der Waals surface area contributed by atoms with Gasteiger partial charge in [0.05, 0.1) is 24.5 Å². The van der Waals surface area contributed by atoms with E-state index >= 15 is 0 Å². The van der Waals surface area contributed by atoms with Crippen LogP contribution in [-0.2, 0) is 13.1 Å². The second-order valence-corrected chi connectivity index (χ2v) is 6.32. The predicted octanol–water partition coefficient (Wildman–Crippen LogP) is -0.299. The third-order valence-corrected chi connectivity index (χ3v) is 4.44. The summed E-state index contributed by atoms with van der Waals surface area (Å²) in [6.07, 6.45) is 1.44. The van der Waals surface area contributed by atoms with Crippen molar-refractivity contribution in [3.05, 3.63) is 41.2 Å². The van der Waals surface area contributed by atoms with Crippen LogP contribution >= 0.6 is 0 Å². The number of aromatic nitrogens is 6. The molecule has 0 radical (unpaired) electrons. The summed E-state index contributed by atoms with van der Waals surface area (Å²) in [7, 11) is 0. The molecule has 136 valence electrons. The minimum absolute atomic E-state index is 0.219. The van der Waals surface area contributed by atoms with Crippen LogP contribution in [0.5, 0.6) is 0 Å². The topological polar surface area (TPSA) is 122 Å². The molecule has 0 saturated heterocycles. The number of fused-ring (bicyclic) bond motifs is 2. The summed E-state index contributed by atoms with van der Waals surface area (Å²) in [6, 6.07) is 3.52. The molecule has 26 heavy (non-hydrogen) atoms. The fourth-order valence-electron chi connectivity index (χ4n) is 3.08. The van der Waals surface area contributed by atoms with Crippen LogP contribution in [-0.4, -0.2) is 63.5 Å². The van der Waals surface area contributed by atoms with Crippen molar-refractivity contribution in [2.45, 2.75) is 32.5 Å². The normalized spacial score (nSPS) is 15.7. The van der Waals surface area contributed by atoms with E-state index in [2.05, 4.69) is 20.3 Å². The molecule has 4 heterocycles. The lowest BCUT2D eigenvalue weighted by Crippen LogP contribution is -2.32. The molecule has 0 saturated carbocycles. The molecular formula is C16H19N7O3. The molecule has 1 atom stereocenters. The van der Waals surface area contributed by atoms with Gasteiger partial charge in [0.1, 0.15) is 6.10 Å². The highest BCUT2D eigenvalue weighted by Crippen LogP contribution is 2.19. The van der Waals surface area contributed by atoms with Crippen LogP contribution in [0.25, 0.3) is 5.78 Å². The van der Waals surface area contributed by atoms with Crippen LogP contribution in [0, 0.1) is 6.92 Å². The van der Waals surface area contributed by atoms with E-state index in [0.29, 0.717) is 31.1 Å². The Kier molecular flexibility index (Phi) is 4.13. The lowest BCUT2D eigenvalue weighted by molar-refractivity contribution is 0.0731. The van der Waals surface area contributed by atoms with E-state index in [9.17, 15) is 9.90 Å². The largest absolute Gasteiger partial charge is 0.393 e. The number of carbonyl (C=O) groups excluding carboxylic acids is 1. The highest BCUT2D eigenvalue weighted by atomic mass is 16.3. The molecule has 1 amide bonds. The zero-order chi connectivity index (χ0) is 18.3. The maximum absolute atomic E-state index is 13.0. The first-order valence-corrected chi connectivity index (χ1v) is 8.40. The number of hydrogen-bond donors (Lipinski definition) is 2. The van der Waals surface area contributed by atoms with Gasteiger partial charge in [-0.3, -0.25) is 13.9 Å². The predicted molar refractivity (Wildman–Crippen MR) is 89.1 cm³/mol. The average Bonchev–Trinajstić information content (AvgIpc) is 3.18. The molecule has 10 nitrogen and oxygen atoms in total. The van der Waals surface area contributed by atoms with Crippen molar-refractivity contribution >= 4 is 11.7 Å². The van der Waals surface area contributed by atoms with E-state index < -0.39 is 12.7 Å². The summed E-state index contributed by atoms with van der Waals surface area (Å²) in [4.78, 5) is 18.9. The Morgan fingerprint density at radius 3 is 3.00 bits per heavy atom. The molecule has 10 heteroatoms. The van der Waals surface area contributed by atoms with Crippen molar-refractivity contribution < 1.29 is 15.0 Å². The molecule has 3 aromatic heterocycles. The van der Waals surface area contributed by atoms with Crippen molar-refractivity contribution in [1.82, 2.24) is 34.3 Å². The molecule has 1 aliphatic rings. The molecule has 0 bridgehead atoms. The molecule has 1 aliphatic heterocycles. The molecule has 0 spiro atoms. The van der Waals surface area contributed by atoms with Gasteiger partial charge in [-0.2, -0.15) is 5.10 Å². The molecule has 0 aliphatic carbocycles. The number of carbonyl (C=O) groups is 1. The van der Waals surface area contributed by atoms with Gasteiger partial charge in [-0.15, -0.1) is 10.2 Å². The first kappa shape index (κ1) is 16.6. The summed E-state index contributed by atoms with van der Waals surface area (Å²) in [5, 5.41) is 31.2. The van der Waals surface area contributed by atoms with Crippen LogP contribution in [0.2, 0.25) is 0 Å². The number of hydrogen-bond acceptors (Lipinski definition) is 7. The van der Waals surface area contributed by atoms with Gasteiger partial charge in [-0.1, -0.05) is 0 Å². The Morgan fingerprint density at radius 2 is 2.19 bits per heavy atom. The minimum Gasteiger partial charge on any atom is -0.393 e. The second kappa shape index (κ2) is 6.46. The van der Waals surface area contributed by atoms with E-state index in [1.807, 2.05) is 6.92 Å². The quantitative estimate of drug-likeness (QED) is 0.660. The fourth-order valence-corrected chi connectivity index (χ4v) is 3.08. The van der Waals surface area contributed by atoms with Gasteiger partial charge in [-0.25, -0.2) is 4.98 Å². The van der Waals surface area contributed by atoms with E-state index in [-0.39, 0.29) is 11.7 Å². The maximum Gasteiger partial charge on any atom is 0.292 e. The molecule has 0 aromatic carbocycles.